The van der Waals surface area contributed by atoms with Crippen molar-refractivity contribution in [3.05, 3.63) is 17.7 Å². The first-order chi connectivity index (χ1) is 6.56. The monoisotopic (exact) mass is 196 g/mol. The van der Waals surface area contributed by atoms with E-state index in [-0.39, 0.29) is 12.5 Å². The number of aromatic nitrogens is 2. The van der Waals surface area contributed by atoms with Gasteiger partial charge in [0.2, 0.25) is 0 Å². The van der Waals surface area contributed by atoms with Gasteiger partial charge in [-0.2, -0.15) is 0 Å². The van der Waals surface area contributed by atoms with E-state index in [1.54, 1.807) is 6.20 Å². The number of rotatable bonds is 4. The molecule has 14 heavy (non-hydrogen) atoms. The zero-order valence-corrected chi connectivity index (χ0v) is 8.82. The van der Waals surface area contributed by atoms with Crippen molar-refractivity contribution in [3.63, 3.8) is 0 Å². The lowest BCUT2D eigenvalue weighted by Gasteiger charge is -2.13. The largest absolute Gasteiger partial charge is 0.481 e. The summed E-state index contributed by atoms with van der Waals surface area (Å²) >= 11 is 0. The van der Waals surface area contributed by atoms with Gasteiger partial charge in [0.05, 0.1) is 6.42 Å². The van der Waals surface area contributed by atoms with Crippen molar-refractivity contribution in [3.8, 4) is 0 Å². The van der Waals surface area contributed by atoms with E-state index in [4.69, 9.17) is 5.11 Å². The second-order valence-corrected chi connectivity index (χ2v) is 3.55. The molecule has 4 nitrogen and oxygen atoms in total. The summed E-state index contributed by atoms with van der Waals surface area (Å²) in [5, 5.41) is 8.71. The average molecular weight is 196 g/mol. The number of aliphatic carboxylic acids is 1. The highest BCUT2D eigenvalue weighted by molar-refractivity contribution is 5.69. The summed E-state index contributed by atoms with van der Waals surface area (Å²) in [5.74, 6) is 0.144. The predicted molar refractivity (Wildman–Crippen MR) is 53.3 cm³/mol. The van der Waals surface area contributed by atoms with Gasteiger partial charge in [0.15, 0.2) is 0 Å². The van der Waals surface area contributed by atoms with Crippen LogP contribution in [0.15, 0.2) is 6.20 Å². The Balaban J connectivity index is 3.04. The molecule has 0 radical (unpaired) electrons. The van der Waals surface area contributed by atoms with E-state index in [1.165, 1.54) is 0 Å². The summed E-state index contributed by atoms with van der Waals surface area (Å²) in [4.78, 5) is 14.8. The Morgan fingerprint density at radius 2 is 2.29 bits per heavy atom. The molecular weight excluding hydrogens is 180 g/mol. The molecule has 0 aliphatic carbocycles. The van der Waals surface area contributed by atoms with Crippen LogP contribution < -0.4 is 0 Å². The van der Waals surface area contributed by atoms with Gasteiger partial charge in [-0.1, -0.05) is 6.92 Å². The highest BCUT2D eigenvalue weighted by Crippen LogP contribution is 2.14. The Morgan fingerprint density at radius 1 is 1.64 bits per heavy atom. The number of hydrogen-bond donors (Lipinski definition) is 1. The van der Waals surface area contributed by atoms with Crippen LogP contribution in [0.2, 0.25) is 0 Å². The van der Waals surface area contributed by atoms with Crippen LogP contribution in [0, 0.1) is 0 Å². The molecule has 0 atom stereocenters. The van der Waals surface area contributed by atoms with Crippen molar-refractivity contribution in [2.75, 3.05) is 0 Å². The summed E-state index contributed by atoms with van der Waals surface area (Å²) in [6, 6.07) is 0.266. The van der Waals surface area contributed by atoms with Crippen molar-refractivity contribution in [2.45, 2.75) is 39.7 Å². The minimum Gasteiger partial charge on any atom is -0.481 e. The van der Waals surface area contributed by atoms with Crippen LogP contribution in [-0.4, -0.2) is 20.6 Å². The maximum Gasteiger partial charge on any atom is 0.309 e. The lowest BCUT2D eigenvalue weighted by Crippen LogP contribution is -2.12. The van der Waals surface area contributed by atoms with Crippen molar-refractivity contribution < 1.29 is 9.90 Å². The molecule has 0 fully saturated rings. The van der Waals surface area contributed by atoms with Crippen molar-refractivity contribution in [2.24, 2.45) is 0 Å². The first kappa shape index (κ1) is 10.8. The molecule has 0 saturated carbocycles. The van der Waals surface area contributed by atoms with Crippen LogP contribution in [0.5, 0.6) is 0 Å². The van der Waals surface area contributed by atoms with Gasteiger partial charge >= 0.3 is 5.97 Å². The molecular formula is C10H16N2O2. The molecule has 78 valence electrons. The molecule has 4 heteroatoms. The molecule has 0 amide bonds. The lowest BCUT2D eigenvalue weighted by molar-refractivity contribution is -0.136. The average Bonchev–Trinajstić information content (AvgIpc) is 2.46. The quantitative estimate of drug-likeness (QED) is 0.796. The van der Waals surface area contributed by atoms with Crippen LogP contribution in [0.3, 0.4) is 0 Å². The standard InChI is InChI=1S/C10H16N2O2/c1-4-9-11-6-8(5-10(13)14)12(9)7(2)3/h6-7H,4-5H2,1-3H3,(H,13,14). The predicted octanol–water partition coefficient (Wildman–Crippen LogP) is 1.65. The fraction of sp³-hybridized carbons (Fsp3) is 0.600. The number of hydrogen-bond acceptors (Lipinski definition) is 2. The Bertz CT molecular complexity index is 329. The third-order valence-electron chi connectivity index (χ3n) is 2.12. The summed E-state index contributed by atoms with van der Waals surface area (Å²) in [6.07, 6.45) is 2.54. The number of aryl methyl sites for hydroxylation is 1. The minimum absolute atomic E-state index is 0.0468. The molecule has 0 spiro atoms. The Morgan fingerprint density at radius 3 is 2.71 bits per heavy atom. The lowest BCUT2D eigenvalue weighted by atomic mass is 10.3. The third kappa shape index (κ3) is 2.13. The molecule has 1 aromatic rings. The van der Waals surface area contributed by atoms with Crippen LogP contribution in [0.25, 0.3) is 0 Å². The van der Waals surface area contributed by atoms with Gasteiger partial charge in [-0.15, -0.1) is 0 Å². The van der Waals surface area contributed by atoms with E-state index in [1.807, 2.05) is 25.3 Å². The number of carboxylic acids is 1. The smallest absolute Gasteiger partial charge is 0.309 e. The highest BCUT2D eigenvalue weighted by atomic mass is 16.4. The number of carbonyl (C=O) groups is 1. The van der Waals surface area contributed by atoms with E-state index in [0.717, 1.165) is 17.9 Å². The van der Waals surface area contributed by atoms with E-state index in [0.29, 0.717) is 0 Å². The summed E-state index contributed by atoms with van der Waals surface area (Å²) in [7, 11) is 0. The maximum atomic E-state index is 10.6. The summed E-state index contributed by atoms with van der Waals surface area (Å²) < 4.78 is 1.99. The zero-order chi connectivity index (χ0) is 10.7. The van der Waals surface area contributed by atoms with Gasteiger partial charge in [0, 0.05) is 24.4 Å². The van der Waals surface area contributed by atoms with Crippen LogP contribution in [0.1, 0.15) is 38.3 Å². The Labute approximate surface area is 83.6 Å². The van der Waals surface area contributed by atoms with E-state index < -0.39 is 5.97 Å². The molecule has 0 bridgehead atoms. The van der Waals surface area contributed by atoms with Crippen molar-refractivity contribution in [1.82, 2.24) is 9.55 Å². The van der Waals surface area contributed by atoms with Gasteiger partial charge in [0.25, 0.3) is 0 Å². The van der Waals surface area contributed by atoms with Crippen LogP contribution in [0.4, 0.5) is 0 Å². The van der Waals surface area contributed by atoms with Crippen LogP contribution in [-0.2, 0) is 17.6 Å². The number of carboxylic acid groups (broad SMARTS) is 1. The second-order valence-electron chi connectivity index (χ2n) is 3.55. The molecule has 0 unspecified atom stereocenters. The molecule has 0 aliphatic rings. The molecule has 1 N–H and O–H groups in total. The van der Waals surface area contributed by atoms with Gasteiger partial charge in [-0.3, -0.25) is 4.79 Å². The molecule has 1 heterocycles. The minimum atomic E-state index is -0.811. The summed E-state index contributed by atoms with van der Waals surface area (Å²) in [5.41, 5.74) is 0.782. The SMILES string of the molecule is CCc1ncc(CC(=O)O)n1C(C)C. The first-order valence-electron chi connectivity index (χ1n) is 4.83. The maximum absolute atomic E-state index is 10.6. The van der Waals surface area contributed by atoms with Gasteiger partial charge in [-0.25, -0.2) is 4.98 Å². The van der Waals surface area contributed by atoms with Gasteiger partial charge in [0.1, 0.15) is 5.82 Å². The summed E-state index contributed by atoms with van der Waals surface area (Å²) in [6.45, 7) is 6.09. The van der Waals surface area contributed by atoms with E-state index >= 15 is 0 Å². The molecule has 1 rings (SSSR count). The second kappa shape index (κ2) is 4.26. The highest BCUT2D eigenvalue weighted by Gasteiger charge is 2.13. The number of nitrogens with zero attached hydrogens (tertiary/aromatic N) is 2. The molecule has 0 saturated heterocycles. The van der Waals surface area contributed by atoms with E-state index in [9.17, 15) is 4.79 Å². The van der Waals surface area contributed by atoms with Crippen molar-refractivity contribution >= 4 is 5.97 Å². The van der Waals surface area contributed by atoms with Crippen LogP contribution >= 0.6 is 0 Å². The fourth-order valence-electron chi connectivity index (χ4n) is 1.62. The Hall–Kier alpha value is -1.32. The van der Waals surface area contributed by atoms with Gasteiger partial charge in [-0.05, 0) is 13.8 Å². The molecule has 1 aromatic heterocycles. The molecule has 0 aromatic carbocycles. The first-order valence-corrected chi connectivity index (χ1v) is 4.83. The van der Waals surface area contributed by atoms with Crippen molar-refractivity contribution in [1.29, 1.82) is 0 Å². The Kier molecular flexibility index (Phi) is 3.28. The number of imidazole rings is 1. The topological polar surface area (TPSA) is 55.1 Å². The zero-order valence-electron chi connectivity index (χ0n) is 8.82. The fourth-order valence-corrected chi connectivity index (χ4v) is 1.62. The van der Waals surface area contributed by atoms with E-state index in [2.05, 4.69) is 4.98 Å². The molecule has 0 aliphatic heterocycles. The third-order valence-corrected chi connectivity index (χ3v) is 2.12. The van der Waals surface area contributed by atoms with Gasteiger partial charge < -0.3 is 9.67 Å². The normalized spacial score (nSPS) is 10.9.